The van der Waals surface area contributed by atoms with Crippen LogP contribution in [0.4, 0.5) is 4.39 Å². The number of hydrogen-bond donors (Lipinski definition) is 1. The molecule has 0 spiro atoms. The monoisotopic (exact) mass is 513 g/mol. The Morgan fingerprint density at radius 1 is 1.21 bits per heavy atom. The zero-order valence-corrected chi connectivity index (χ0v) is 20.1. The SMILES string of the molecule is CCOC(=O)C1=C(C)NC2=C(C(=O)CCC2)C1c1cc(Br)ccc1OCc1cccc(F)c1. The van der Waals surface area contributed by atoms with Gasteiger partial charge in [0.2, 0.25) is 0 Å². The highest BCUT2D eigenvalue weighted by Gasteiger charge is 2.40. The van der Waals surface area contributed by atoms with Crippen molar-refractivity contribution in [3.63, 3.8) is 0 Å². The Hall–Kier alpha value is -2.93. The normalized spacial score (nSPS) is 18.1. The van der Waals surface area contributed by atoms with E-state index in [0.29, 0.717) is 40.1 Å². The average Bonchev–Trinajstić information content (AvgIpc) is 2.77. The molecule has 4 rings (SSSR count). The number of rotatable bonds is 6. The van der Waals surface area contributed by atoms with Crippen LogP contribution in [0.15, 0.2) is 69.5 Å². The van der Waals surface area contributed by atoms with E-state index in [2.05, 4.69) is 21.2 Å². The summed E-state index contributed by atoms with van der Waals surface area (Å²) < 4.78 is 25.9. The maximum absolute atomic E-state index is 13.6. The molecule has 1 N–H and O–H groups in total. The van der Waals surface area contributed by atoms with Crippen molar-refractivity contribution in [1.29, 1.82) is 0 Å². The van der Waals surface area contributed by atoms with E-state index >= 15 is 0 Å². The maximum atomic E-state index is 13.6. The first-order valence-electron chi connectivity index (χ1n) is 11.0. The molecule has 0 bridgehead atoms. The molecule has 0 saturated heterocycles. The van der Waals surface area contributed by atoms with E-state index in [1.54, 1.807) is 25.1 Å². The number of nitrogens with one attached hydrogen (secondary N) is 1. The number of dihydropyridines is 1. The minimum atomic E-state index is -0.617. The highest BCUT2D eigenvalue weighted by Crippen LogP contribution is 2.46. The summed E-state index contributed by atoms with van der Waals surface area (Å²) in [5, 5.41) is 3.28. The summed E-state index contributed by atoms with van der Waals surface area (Å²) in [6.07, 6.45) is 1.93. The molecular weight excluding hydrogens is 489 g/mol. The lowest BCUT2D eigenvalue weighted by atomic mass is 9.75. The van der Waals surface area contributed by atoms with E-state index in [9.17, 15) is 14.0 Å². The number of hydrogen-bond acceptors (Lipinski definition) is 5. The Labute approximate surface area is 200 Å². The van der Waals surface area contributed by atoms with E-state index in [1.165, 1.54) is 12.1 Å². The predicted octanol–water partition coefficient (Wildman–Crippen LogP) is 5.70. The molecule has 1 heterocycles. The molecule has 0 amide bonds. The number of halogens is 2. The van der Waals surface area contributed by atoms with Crippen LogP contribution < -0.4 is 10.1 Å². The Kier molecular flexibility index (Phi) is 6.98. The summed E-state index contributed by atoms with van der Waals surface area (Å²) in [6, 6.07) is 11.7. The van der Waals surface area contributed by atoms with Crippen molar-refractivity contribution in [2.45, 2.75) is 45.6 Å². The fraction of sp³-hybridized carbons (Fsp3) is 0.308. The molecule has 0 aromatic heterocycles. The van der Waals surface area contributed by atoms with Gasteiger partial charge in [0.25, 0.3) is 0 Å². The molecule has 0 fully saturated rings. The van der Waals surface area contributed by atoms with E-state index in [0.717, 1.165) is 23.0 Å². The Morgan fingerprint density at radius 2 is 2.03 bits per heavy atom. The van der Waals surface area contributed by atoms with Crippen molar-refractivity contribution in [3.05, 3.63) is 86.4 Å². The number of benzene rings is 2. The largest absolute Gasteiger partial charge is 0.489 e. The zero-order valence-electron chi connectivity index (χ0n) is 18.5. The first-order valence-corrected chi connectivity index (χ1v) is 11.8. The van der Waals surface area contributed by atoms with Crippen LogP contribution in [0, 0.1) is 5.82 Å². The zero-order chi connectivity index (χ0) is 23.5. The molecule has 7 heteroatoms. The average molecular weight is 514 g/mol. The molecule has 1 atom stereocenters. The summed E-state index contributed by atoms with van der Waals surface area (Å²) in [5.41, 5.74) is 3.87. The number of carbonyl (C=O) groups is 2. The number of carbonyl (C=O) groups excluding carboxylic acids is 2. The summed E-state index contributed by atoms with van der Waals surface area (Å²) in [5.74, 6) is -0.883. The number of ether oxygens (including phenoxy) is 2. The van der Waals surface area contributed by atoms with Crippen LogP contribution in [-0.2, 0) is 20.9 Å². The van der Waals surface area contributed by atoms with Crippen molar-refractivity contribution < 1.29 is 23.5 Å². The van der Waals surface area contributed by atoms with Gasteiger partial charge in [0.15, 0.2) is 5.78 Å². The molecule has 2 aromatic carbocycles. The Bertz CT molecular complexity index is 1170. The first kappa shape index (κ1) is 23.2. The van der Waals surface area contributed by atoms with Crippen molar-refractivity contribution in [3.8, 4) is 5.75 Å². The number of allylic oxidation sites excluding steroid dienone is 3. The quantitative estimate of drug-likeness (QED) is 0.502. The van der Waals surface area contributed by atoms with Crippen LogP contribution >= 0.6 is 15.9 Å². The van der Waals surface area contributed by atoms with Crippen LogP contribution in [0.3, 0.4) is 0 Å². The number of esters is 1. The van der Waals surface area contributed by atoms with Crippen LogP contribution in [0.2, 0.25) is 0 Å². The standard InChI is InChI=1S/C26H25BrFNO4/c1-3-32-26(31)23-15(2)29-20-8-5-9-21(30)25(20)24(23)19-13-17(27)10-11-22(19)33-14-16-6-4-7-18(28)12-16/h4,6-7,10-13,24,29H,3,5,8-9,14H2,1-2H3. The van der Waals surface area contributed by atoms with Crippen LogP contribution in [0.5, 0.6) is 5.75 Å². The molecule has 5 nitrogen and oxygen atoms in total. The molecule has 2 aliphatic rings. The molecule has 1 unspecified atom stereocenters. The lowest BCUT2D eigenvalue weighted by Crippen LogP contribution is -2.34. The van der Waals surface area contributed by atoms with Crippen molar-refractivity contribution in [1.82, 2.24) is 5.32 Å². The fourth-order valence-corrected chi connectivity index (χ4v) is 4.82. The summed E-state index contributed by atoms with van der Waals surface area (Å²) >= 11 is 3.52. The molecule has 33 heavy (non-hydrogen) atoms. The van der Waals surface area contributed by atoms with E-state index < -0.39 is 11.9 Å². The summed E-state index contributed by atoms with van der Waals surface area (Å²) in [4.78, 5) is 26.1. The van der Waals surface area contributed by atoms with E-state index in [-0.39, 0.29) is 24.8 Å². The third kappa shape index (κ3) is 4.88. The molecule has 0 saturated carbocycles. The van der Waals surface area contributed by atoms with Gasteiger partial charge in [-0.1, -0.05) is 28.1 Å². The van der Waals surface area contributed by atoms with Crippen molar-refractivity contribution in [2.24, 2.45) is 0 Å². The van der Waals surface area contributed by atoms with Crippen LogP contribution in [0.1, 0.15) is 50.2 Å². The second-order valence-corrected chi connectivity index (χ2v) is 9.00. The van der Waals surface area contributed by atoms with Gasteiger partial charge in [0, 0.05) is 33.4 Å². The minimum Gasteiger partial charge on any atom is -0.489 e. The maximum Gasteiger partial charge on any atom is 0.336 e. The van der Waals surface area contributed by atoms with Gasteiger partial charge in [-0.05, 0) is 62.6 Å². The van der Waals surface area contributed by atoms with Gasteiger partial charge < -0.3 is 14.8 Å². The van der Waals surface area contributed by atoms with Gasteiger partial charge in [0.1, 0.15) is 18.2 Å². The lowest BCUT2D eigenvalue weighted by Gasteiger charge is -2.34. The summed E-state index contributed by atoms with van der Waals surface area (Å²) in [6.45, 7) is 3.95. The predicted molar refractivity (Wildman–Crippen MR) is 126 cm³/mol. The highest BCUT2D eigenvalue weighted by molar-refractivity contribution is 9.10. The Balaban J connectivity index is 1.81. The van der Waals surface area contributed by atoms with Crippen LogP contribution in [-0.4, -0.2) is 18.4 Å². The first-order chi connectivity index (χ1) is 15.9. The van der Waals surface area contributed by atoms with Crippen LogP contribution in [0.25, 0.3) is 0 Å². The van der Waals surface area contributed by atoms with E-state index in [1.807, 2.05) is 19.1 Å². The van der Waals surface area contributed by atoms with Gasteiger partial charge >= 0.3 is 5.97 Å². The van der Waals surface area contributed by atoms with Gasteiger partial charge in [-0.3, -0.25) is 4.79 Å². The Morgan fingerprint density at radius 3 is 2.79 bits per heavy atom. The molecule has 172 valence electrons. The smallest absolute Gasteiger partial charge is 0.336 e. The number of Topliss-reactive ketones (excluding diaryl/α,β-unsaturated/α-hetero) is 1. The minimum absolute atomic E-state index is 0.0131. The topological polar surface area (TPSA) is 64.6 Å². The second-order valence-electron chi connectivity index (χ2n) is 8.09. The summed E-state index contributed by atoms with van der Waals surface area (Å²) in [7, 11) is 0. The third-order valence-electron chi connectivity index (χ3n) is 5.84. The van der Waals surface area contributed by atoms with E-state index in [4.69, 9.17) is 9.47 Å². The van der Waals surface area contributed by atoms with Crippen molar-refractivity contribution >= 4 is 27.7 Å². The molecule has 1 aliphatic carbocycles. The molecule has 2 aromatic rings. The molecule has 1 aliphatic heterocycles. The third-order valence-corrected chi connectivity index (χ3v) is 6.33. The van der Waals surface area contributed by atoms with Crippen molar-refractivity contribution in [2.75, 3.05) is 6.61 Å². The van der Waals surface area contributed by atoms with Gasteiger partial charge in [-0.25, -0.2) is 9.18 Å². The highest BCUT2D eigenvalue weighted by atomic mass is 79.9. The number of ketones is 1. The van der Waals surface area contributed by atoms with Gasteiger partial charge in [-0.15, -0.1) is 0 Å². The van der Waals surface area contributed by atoms with Gasteiger partial charge in [0.05, 0.1) is 18.1 Å². The second kappa shape index (κ2) is 9.91. The molecular formula is C26H25BrFNO4. The van der Waals surface area contributed by atoms with Gasteiger partial charge in [-0.2, -0.15) is 0 Å². The lowest BCUT2D eigenvalue weighted by molar-refractivity contribution is -0.138. The molecule has 0 radical (unpaired) electrons. The fourth-order valence-electron chi connectivity index (χ4n) is 4.44.